The monoisotopic (exact) mass is 455 g/mol. The molecule has 0 saturated carbocycles. The average Bonchev–Trinajstić information content (AvgIpc) is 3.20. The van der Waals surface area contributed by atoms with Crippen molar-refractivity contribution in [3.8, 4) is 5.75 Å². The first-order valence-electron chi connectivity index (χ1n) is 10.1. The number of benzene rings is 3. The number of carbonyl (C=O) groups is 1. The van der Waals surface area contributed by atoms with Crippen LogP contribution in [0, 0.1) is 0 Å². The van der Waals surface area contributed by atoms with Crippen molar-refractivity contribution in [2.45, 2.75) is 19.4 Å². The van der Waals surface area contributed by atoms with Gasteiger partial charge in [-0.3, -0.25) is 9.89 Å². The summed E-state index contributed by atoms with van der Waals surface area (Å²) in [6.45, 7) is -0.116. The minimum absolute atomic E-state index is 0.0291. The van der Waals surface area contributed by atoms with Gasteiger partial charge in [0.1, 0.15) is 19.0 Å². The number of rotatable bonds is 8. The first-order valence-corrected chi connectivity index (χ1v) is 10.1. The highest BCUT2D eigenvalue weighted by molar-refractivity contribution is 6.00. The zero-order valence-corrected chi connectivity index (χ0v) is 17.4. The van der Waals surface area contributed by atoms with E-state index >= 15 is 0 Å². The number of aromatic nitrogens is 2. The number of aromatic amines is 1. The van der Waals surface area contributed by atoms with Crippen molar-refractivity contribution in [2.24, 2.45) is 0 Å². The number of alkyl halides is 3. The minimum Gasteiger partial charge on any atom is -0.489 e. The number of nitrogens with zero attached hydrogens (tertiary/aromatic N) is 1. The lowest BCUT2D eigenvalue weighted by Crippen LogP contribution is -2.18. The summed E-state index contributed by atoms with van der Waals surface area (Å²) in [5.74, 6) is 0.237. The van der Waals surface area contributed by atoms with Crippen LogP contribution in [0.2, 0.25) is 0 Å². The lowest BCUT2D eigenvalue weighted by molar-refractivity contribution is -0.138. The second-order valence-corrected chi connectivity index (χ2v) is 7.25. The zero-order chi connectivity index (χ0) is 23.3. The Bertz CT molecular complexity index is 1240. The fraction of sp³-hybridized carbons (Fsp3) is 0.167. The summed E-state index contributed by atoms with van der Waals surface area (Å²) < 4.78 is 50.6. The lowest BCUT2D eigenvalue weighted by atomic mass is 10.1. The summed E-state index contributed by atoms with van der Waals surface area (Å²) in [4.78, 5) is 12.2. The molecule has 0 atom stereocenters. The number of nitrogens with one attached hydrogen (secondary N) is 2. The molecule has 0 bridgehead atoms. The van der Waals surface area contributed by atoms with Crippen molar-refractivity contribution in [3.63, 3.8) is 0 Å². The maximum absolute atomic E-state index is 13.2. The van der Waals surface area contributed by atoms with Gasteiger partial charge in [0.05, 0.1) is 17.7 Å². The molecular formula is C24H20F3N3O3. The van der Waals surface area contributed by atoms with Crippen LogP contribution in [0.1, 0.15) is 16.7 Å². The lowest BCUT2D eigenvalue weighted by Gasteiger charge is -2.13. The third-order valence-electron chi connectivity index (χ3n) is 4.85. The first-order chi connectivity index (χ1) is 15.9. The largest absolute Gasteiger partial charge is 0.489 e. The highest BCUT2D eigenvalue weighted by atomic mass is 19.4. The molecule has 2 N–H and O–H groups in total. The van der Waals surface area contributed by atoms with E-state index in [-0.39, 0.29) is 30.5 Å². The Balaban J connectivity index is 1.40. The molecule has 4 aromatic rings. The summed E-state index contributed by atoms with van der Waals surface area (Å²) in [6, 6.07) is 19.6. The molecule has 0 aliphatic rings. The number of carbonyl (C=O) groups excluding carboxylic acids is 1. The van der Waals surface area contributed by atoms with Gasteiger partial charge in [-0.25, -0.2) is 0 Å². The van der Waals surface area contributed by atoms with Crippen LogP contribution in [-0.4, -0.2) is 22.7 Å². The Labute approximate surface area is 187 Å². The highest BCUT2D eigenvalue weighted by Crippen LogP contribution is 2.33. The number of halogens is 3. The number of anilines is 1. The van der Waals surface area contributed by atoms with Crippen molar-refractivity contribution in [3.05, 3.63) is 89.5 Å². The maximum Gasteiger partial charge on any atom is 0.416 e. The van der Waals surface area contributed by atoms with E-state index in [0.717, 1.165) is 11.6 Å². The van der Waals surface area contributed by atoms with Crippen LogP contribution in [0.3, 0.4) is 0 Å². The van der Waals surface area contributed by atoms with Gasteiger partial charge in [0.2, 0.25) is 0 Å². The predicted molar refractivity (Wildman–Crippen MR) is 117 cm³/mol. The van der Waals surface area contributed by atoms with Gasteiger partial charge in [-0.1, -0.05) is 48.5 Å². The predicted octanol–water partition coefficient (Wildman–Crippen LogP) is 5.32. The number of ether oxygens (including phenoxy) is 2. The van der Waals surface area contributed by atoms with Crippen LogP contribution in [-0.2, 0) is 28.9 Å². The molecule has 0 fully saturated rings. The van der Waals surface area contributed by atoms with Crippen LogP contribution < -0.4 is 10.1 Å². The quantitative estimate of drug-likeness (QED) is 0.377. The second kappa shape index (κ2) is 9.74. The summed E-state index contributed by atoms with van der Waals surface area (Å²) in [6.07, 6.45) is -4.46. The van der Waals surface area contributed by atoms with E-state index in [1.165, 1.54) is 18.2 Å². The molecule has 1 aromatic heterocycles. The van der Waals surface area contributed by atoms with Crippen LogP contribution in [0.15, 0.2) is 72.8 Å². The molecule has 170 valence electrons. The van der Waals surface area contributed by atoms with E-state index in [2.05, 4.69) is 15.5 Å². The Hall–Kier alpha value is -3.85. The SMILES string of the molecule is O=C(COCc1ccccc1)Nc1n[nH]c2ccc(OCc3ccccc3C(F)(F)F)cc12. The molecule has 1 amide bonds. The third-order valence-corrected chi connectivity index (χ3v) is 4.85. The molecule has 0 aliphatic heterocycles. The summed E-state index contributed by atoms with van der Waals surface area (Å²) in [5, 5.41) is 10.1. The van der Waals surface area contributed by atoms with Gasteiger partial charge in [0.15, 0.2) is 5.82 Å². The highest BCUT2D eigenvalue weighted by Gasteiger charge is 2.33. The number of hydrogen-bond donors (Lipinski definition) is 2. The smallest absolute Gasteiger partial charge is 0.416 e. The molecule has 0 spiro atoms. The molecule has 0 saturated heterocycles. The van der Waals surface area contributed by atoms with Crippen LogP contribution in [0.25, 0.3) is 10.9 Å². The van der Waals surface area contributed by atoms with E-state index in [1.807, 2.05) is 30.3 Å². The molecule has 0 radical (unpaired) electrons. The van der Waals surface area contributed by atoms with Crippen molar-refractivity contribution >= 4 is 22.6 Å². The van der Waals surface area contributed by atoms with Crippen molar-refractivity contribution in [2.75, 3.05) is 11.9 Å². The van der Waals surface area contributed by atoms with Gasteiger partial charge in [-0.05, 0) is 29.8 Å². The van der Waals surface area contributed by atoms with Gasteiger partial charge in [0.25, 0.3) is 5.91 Å². The number of fused-ring (bicyclic) bond motifs is 1. The molecular weight excluding hydrogens is 435 g/mol. The molecule has 0 aliphatic carbocycles. The molecule has 6 nitrogen and oxygen atoms in total. The molecule has 1 heterocycles. The van der Waals surface area contributed by atoms with Gasteiger partial charge < -0.3 is 14.8 Å². The number of amides is 1. The number of H-pyrrole nitrogens is 1. The van der Waals surface area contributed by atoms with Crippen molar-refractivity contribution in [1.29, 1.82) is 0 Å². The zero-order valence-electron chi connectivity index (χ0n) is 17.4. The van der Waals surface area contributed by atoms with Crippen LogP contribution in [0.4, 0.5) is 19.0 Å². The third kappa shape index (κ3) is 5.69. The summed E-state index contributed by atoms with van der Waals surface area (Å²) in [7, 11) is 0. The topological polar surface area (TPSA) is 76.2 Å². The molecule has 4 rings (SSSR count). The summed E-state index contributed by atoms with van der Waals surface area (Å²) in [5.41, 5.74) is 0.877. The fourth-order valence-electron chi connectivity index (χ4n) is 3.27. The Morgan fingerprint density at radius 3 is 2.52 bits per heavy atom. The van der Waals surface area contributed by atoms with E-state index in [0.29, 0.717) is 23.3 Å². The fourth-order valence-corrected chi connectivity index (χ4v) is 3.27. The minimum atomic E-state index is -4.46. The van der Waals surface area contributed by atoms with Gasteiger partial charge in [0, 0.05) is 10.9 Å². The second-order valence-electron chi connectivity index (χ2n) is 7.25. The van der Waals surface area contributed by atoms with E-state index in [1.54, 1.807) is 18.2 Å². The molecule has 0 unspecified atom stereocenters. The molecule has 33 heavy (non-hydrogen) atoms. The Morgan fingerprint density at radius 2 is 1.73 bits per heavy atom. The van der Waals surface area contributed by atoms with Crippen LogP contribution in [0.5, 0.6) is 5.75 Å². The molecule has 9 heteroatoms. The van der Waals surface area contributed by atoms with E-state index in [4.69, 9.17) is 9.47 Å². The van der Waals surface area contributed by atoms with Gasteiger partial charge in [-0.15, -0.1) is 0 Å². The average molecular weight is 455 g/mol. The van der Waals surface area contributed by atoms with E-state index in [9.17, 15) is 18.0 Å². The number of hydrogen-bond acceptors (Lipinski definition) is 4. The van der Waals surface area contributed by atoms with Crippen molar-refractivity contribution < 1.29 is 27.4 Å². The van der Waals surface area contributed by atoms with Crippen molar-refractivity contribution in [1.82, 2.24) is 10.2 Å². The Kier molecular flexibility index (Phi) is 6.60. The normalized spacial score (nSPS) is 11.5. The van der Waals surface area contributed by atoms with Gasteiger partial charge >= 0.3 is 6.18 Å². The first kappa shape index (κ1) is 22.3. The Morgan fingerprint density at radius 1 is 0.970 bits per heavy atom. The maximum atomic E-state index is 13.2. The van der Waals surface area contributed by atoms with E-state index < -0.39 is 11.7 Å². The van der Waals surface area contributed by atoms with Crippen LogP contribution >= 0.6 is 0 Å². The standard InChI is InChI=1S/C24H20F3N3O3/c25-24(26,27)20-9-5-4-8-17(20)14-33-18-10-11-21-19(12-18)23(30-29-21)28-22(31)15-32-13-16-6-2-1-3-7-16/h1-12H,13-15H2,(H2,28,29,30,31). The summed E-state index contributed by atoms with van der Waals surface area (Å²) >= 11 is 0. The molecule has 3 aromatic carbocycles. The van der Waals surface area contributed by atoms with Gasteiger partial charge in [-0.2, -0.15) is 18.3 Å².